The molecule has 0 unspecified atom stereocenters. The predicted octanol–water partition coefficient (Wildman–Crippen LogP) is 2.25. The Morgan fingerprint density at radius 2 is 1.72 bits per heavy atom. The van der Waals surface area contributed by atoms with Crippen LogP contribution >= 0.6 is 0 Å². The normalized spacial score (nSPS) is 22.7. The number of hydrogen-bond donors (Lipinski definition) is 1. The van der Waals surface area contributed by atoms with Crippen molar-refractivity contribution >= 4 is 23.5 Å². The van der Waals surface area contributed by atoms with Gasteiger partial charge in [0, 0.05) is 5.56 Å². The molecule has 2 atom stereocenters. The number of carbonyl (C=O) groups excluding carboxylic acids is 3. The lowest BCUT2D eigenvalue weighted by Gasteiger charge is -2.16. The van der Waals surface area contributed by atoms with E-state index in [1.807, 2.05) is 42.5 Å². The Kier molecular flexibility index (Phi) is 4.30. The molecule has 7 nitrogen and oxygen atoms in total. The monoisotopic (exact) mass is 390 g/mol. The van der Waals surface area contributed by atoms with Gasteiger partial charge in [0.25, 0.3) is 0 Å². The number of nitrogens with one attached hydrogen (secondary N) is 1. The fourth-order valence-corrected chi connectivity index (χ4v) is 4.62. The van der Waals surface area contributed by atoms with Crippen LogP contribution in [0, 0.1) is 11.8 Å². The summed E-state index contributed by atoms with van der Waals surface area (Å²) in [4.78, 5) is 39.2. The fourth-order valence-electron chi connectivity index (χ4n) is 4.62. The van der Waals surface area contributed by atoms with E-state index in [-0.39, 0.29) is 36.1 Å². The lowest BCUT2D eigenvalue weighted by molar-refractivity contribution is -0.142. The molecular formula is C22H22N4O3. The van der Waals surface area contributed by atoms with Crippen molar-refractivity contribution in [2.24, 2.45) is 11.8 Å². The highest BCUT2D eigenvalue weighted by atomic mass is 16.2. The first-order valence-electron chi connectivity index (χ1n) is 10.1. The summed E-state index contributed by atoms with van der Waals surface area (Å²) in [7, 11) is 0. The highest BCUT2D eigenvalue weighted by molar-refractivity contribution is 6.08. The van der Waals surface area contributed by atoms with Crippen molar-refractivity contribution in [3.05, 3.63) is 53.7 Å². The van der Waals surface area contributed by atoms with Crippen LogP contribution in [0.15, 0.2) is 42.5 Å². The molecule has 1 aromatic heterocycles. The molecule has 2 heterocycles. The number of aromatic nitrogens is 2. The summed E-state index contributed by atoms with van der Waals surface area (Å²) < 4.78 is 1.75. The largest absolute Gasteiger partial charge is 0.309 e. The van der Waals surface area contributed by atoms with E-state index in [1.54, 1.807) is 4.68 Å². The minimum absolute atomic E-state index is 0.235. The van der Waals surface area contributed by atoms with E-state index in [2.05, 4.69) is 10.4 Å². The molecule has 0 radical (unpaired) electrons. The number of rotatable bonds is 4. The van der Waals surface area contributed by atoms with Crippen molar-refractivity contribution in [3.63, 3.8) is 0 Å². The number of para-hydroxylation sites is 1. The van der Waals surface area contributed by atoms with Crippen molar-refractivity contribution in [2.45, 2.75) is 32.1 Å². The molecule has 0 bridgehead atoms. The predicted molar refractivity (Wildman–Crippen MR) is 106 cm³/mol. The number of allylic oxidation sites excluding steroid dienone is 2. The minimum atomic E-state index is -0.370. The molecule has 1 saturated heterocycles. The summed E-state index contributed by atoms with van der Waals surface area (Å²) in [6, 6.07) is 9.64. The van der Waals surface area contributed by atoms with Crippen molar-refractivity contribution in [1.82, 2.24) is 14.7 Å². The molecule has 2 aromatic rings. The summed E-state index contributed by atoms with van der Waals surface area (Å²) in [5, 5.41) is 7.62. The first kappa shape index (κ1) is 17.8. The Morgan fingerprint density at radius 1 is 1.03 bits per heavy atom. The third-order valence-corrected chi connectivity index (χ3v) is 6.07. The Hall–Kier alpha value is -3.22. The van der Waals surface area contributed by atoms with Gasteiger partial charge in [0.2, 0.25) is 17.7 Å². The van der Waals surface area contributed by atoms with Gasteiger partial charge in [0.05, 0.1) is 23.2 Å². The lowest BCUT2D eigenvalue weighted by Crippen LogP contribution is -2.38. The van der Waals surface area contributed by atoms with Crippen LogP contribution in [0.25, 0.3) is 5.69 Å². The van der Waals surface area contributed by atoms with Gasteiger partial charge in [-0.1, -0.05) is 30.4 Å². The molecule has 1 N–H and O–H groups in total. The number of carbonyl (C=O) groups is 3. The number of benzene rings is 1. The smallest absolute Gasteiger partial charge is 0.245 e. The number of imide groups is 1. The zero-order chi connectivity index (χ0) is 20.0. The number of hydrogen-bond acceptors (Lipinski definition) is 4. The Morgan fingerprint density at radius 3 is 2.41 bits per heavy atom. The molecule has 1 aliphatic heterocycles. The first-order valence-corrected chi connectivity index (χ1v) is 10.1. The summed E-state index contributed by atoms with van der Waals surface area (Å²) in [6.07, 6.45) is 7.78. The van der Waals surface area contributed by atoms with E-state index < -0.39 is 0 Å². The molecule has 7 heteroatoms. The van der Waals surface area contributed by atoms with Crippen LogP contribution in [0.2, 0.25) is 0 Å². The van der Waals surface area contributed by atoms with Gasteiger partial charge in [0.1, 0.15) is 12.4 Å². The Balaban J connectivity index is 1.38. The van der Waals surface area contributed by atoms with E-state index in [0.717, 1.165) is 41.1 Å². The first-order chi connectivity index (χ1) is 14.1. The second kappa shape index (κ2) is 6.99. The number of aryl methyl sites for hydroxylation is 1. The van der Waals surface area contributed by atoms with Crippen molar-refractivity contribution in [1.29, 1.82) is 0 Å². The summed E-state index contributed by atoms with van der Waals surface area (Å²) in [6.45, 7) is -0.251. The number of fused-ring (bicyclic) bond motifs is 2. The number of likely N-dealkylation sites (tertiary alicyclic amines) is 1. The highest BCUT2D eigenvalue weighted by Crippen LogP contribution is 2.35. The maximum atomic E-state index is 12.8. The second-order valence-corrected chi connectivity index (χ2v) is 7.84. The van der Waals surface area contributed by atoms with E-state index in [4.69, 9.17) is 0 Å². The average Bonchev–Trinajstić information content (AvgIpc) is 3.40. The van der Waals surface area contributed by atoms with Gasteiger partial charge in [0.15, 0.2) is 0 Å². The van der Waals surface area contributed by atoms with Crippen LogP contribution in [0.1, 0.15) is 30.5 Å². The molecule has 3 amide bonds. The van der Waals surface area contributed by atoms with E-state index >= 15 is 0 Å². The molecule has 148 valence electrons. The highest BCUT2D eigenvalue weighted by Gasteiger charge is 2.47. The summed E-state index contributed by atoms with van der Waals surface area (Å²) >= 11 is 0. The summed E-state index contributed by atoms with van der Waals surface area (Å²) in [5.41, 5.74) is 2.90. The van der Waals surface area contributed by atoms with Crippen molar-refractivity contribution in [2.75, 3.05) is 11.9 Å². The molecule has 1 aromatic carbocycles. The van der Waals surface area contributed by atoms with E-state index in [9.17, 15) is 14.4 Å². The lowest BCUT2D eigenvalue weighted by atomic mass is 9.85. The van der Waals surface area contributed by atoms with Gasteiger partial charge in [-0.2, -0.15) is 5.10 Å². The topological polar surface area (TPSA) is 84.3 Å². The number of anilines is 1. The third kappa shape index (κ3) is 2.97. The molecule has 0 spiro atoms. The number of amides is 3. The van der Waals surface area contributed by atoms with Gasteiger partial charge in [-0.25, -0.2) is 4.68 Å². The number of nitrogens with zero attached hydrogens (tertiary/aromatic N) is 3. The molecule has 3 aliphatic rings. The molecule has 0 saturated carbocycles. The molecular weight excluding hydrogens is 368 g/mol. The Labute approximate surface area is 168 Å². The minimum Gasteiger partial charge on any atom is -0.309 e. The van der Waals surface area contributed by atoms with Crippen LogP contribution in [0.4, 0.5) is 5.82 Å². The molecule has 5 rings (SSSR count). The SMILES string of the molecule is O=C(CN1C(=O)[C@@H]2CC=CC[C@H]2C1=O)Nc1c2c(nn1-c1ccccc1)CCC2. The maximum Gasteiger partial charge on any atom is 0.245 e. The fraction of sp³-hybridized carbons (Fsp3) is 0.364. The van der Waals surface area contributed by atoms with Crippen molar-refractivity contribution in [3.8, 4) is 5.69 Å². The van der Waals surface area contributed by atoms with Gasteiger partial charge >= 0.3 is 0 Å². The van der Waals surface area contributed by atoms with Crippen LogP contribution in [0.5, 0.6) is 0 Å². The zero-order valence-corrected chi connectivity index (χ0v) is 16.0. The van der Waals surface area contributed by atoms with Crippen LogP contribution in [0.3, 0.4) is 0 Å². The second-order valence-electron chi connectivity index (χ2n) is 7.84. The molecule has 1 fully saturated rings. The molecule has 29 heavy (non-hydrogen) atoms. The van der Waals surface area contributed by atoms with Gasteiger partial charge in [-0.3, -0.25) is 19.3 Å². The standard InChI is InChI=1S/C22H22N4O3/c27-19(13-25-21(28)15-9-4-5-10-16(15)22(25)29)23-20-17-11-6-12-18(17)24-26(20)14-7-2-1-3-8-14/h1-5,7-8,15-16H,6,9-13H2,(H,23,27)/t15-,16-/m1/s1. The summed E-state index contributed by atoms with van der Waals surface area (Å²) in [5.74, 6) is -0.835. The maximum absolute atomic E-state index is 12.8. The quantitative estimate of drug-likeness (QED) is 0.641. The van der Waals surface area contributed by atoms with Crippen LogP contribution < -0.4 is 5.32 Å². The van der Waals surface area contributed by atoms with E-state index in [1.165, 1.54) is 0 Å². The van der Waals surface area contributed by atoms with Crippen molar-refractivity contribution < 1.29 is 14.4 Å². The van der Waals surface area contributed by atoms with Gasteiger partial charge in [-0.15, -0.1) is 0 Å². The average molecular weight is 390 g/mol. The van der Waals surface area contributed by atoms with Crippen LogP contribution in [-0.4, -0.2) is 38.9 Å². The zero-order valence-electron chi connectivity index (χ0n) is 16.0. The van der Waals surface area contributed by atoms with E-state index in [0.29, 0.717) is 18.7 Å². The van der Waals surface area contributed by atoms with Crippen LogP contribution in [-0.2, 0) is 27.2 Å². The Bertz CT molecular complexity index is 998. The van der Waals surface area contributed by atoms with Gasteiger partial charge in [-0.05, 0) is 44.2 Å². The van der Waals surface area contributed by atoms with Gasteiger partial charge < -0.3 is 5.32 Å². The third-order valence-electron chi connectivity index (χ3n) is 6.07. The molecule has 2 aliphatic carbocycles.